The topological polar surface area (TPSA) is 105 Å². The maximum absolute atomic E-state index is 13.1. The lowest BCUT2D eigenvalue weighted by molar-refractivity contribution is -0.137. The predicted octanol–water partition coefficient (Wildman–Crippen LogP) is 4.10. The zero-order valence-electron chi connectivity index (χ0n) is 17.2. The van der Waals surface area contributed by atoms with Crippen LogP contribution in [0.15, 0.2) is 41.3 Å². The maximum atomic E-state index is 13.1. The molecule has 12 heteroatoms. The van der Waals surface area contributed by atoms with E-state index in [1.807, 2.05) is 0 Å². The SMILES string of the molecule is COc1cc(/C=C2\SC(=O)N(CC(=O)Nc3ccccc3C(F)(F)F)C2=O)cc(OC)c1O. The zero-order chi connectivity index (χ0) is 24.3. The first-order valence-electron chi connectivity index (χ1n) is 9.21. The highest BCUT2D eigenvalue weighted by Gasteiger charge is 2.37. The van der Waals surface area contributed by atoms with E-state index in [9.17, 15) is 32.7 Å². The van der Waals surface area contributed by atoms with Gasteiger partial charge in [-0.25, -0.2) is 0 Å². The number of methoxy groups -OCH3 is 2. The normalized spacial score (nSPS) is 15.2. The number of amides is 3. The molecular formula is C21H17F3N2O6S. The predicted molar refractivity (Wildman–Crippen MR) is 114 cm³/mol. The van der Waals surface area contributed by atoms with E-state index >= 15 is 0 Å². The molecule has 2 N–H and O–H groups in total. The number of benzene rings is 2. The number of phenolic OH excluding ortho intramolecular Hbond substituents is 1. The number of thioether (sulfide) groups is 1. The number of carbonyl (C=O) groups is 3. The zero-order valence-corrected chi connectivity index (χ0v) is 18.0. The van der Waals surface area contributed by atoms with Gasteiger partial charge in [0.2, 0.25) is 11.7 Å². The van der Waals surface area contributed by atoms with Crippen molar-refractivity contribution in [1.82, 2.24) is 4.90 Å². The van der Waals surface area contributed by atoms with Crippen LogP contribution in [0.25, 0.3) is 6.08 Å². The smallest absolute Gasteiger partial charge is 0.418 e. The lowest BCUT2D eigenvalue weighted by atomic mass is 10.1. The lowest BCUT2D eigenvalue weighted by Crippen LogP contribution is -2.36. The molecule has 1 aliphatic heterocycles. The van der Waals surface area contributed by atoms with Crippen LogP contribution in [0.1, 0.15) is 11.1 Å². The number of anilines is 1. The number of hydrogen-bond acceptors (Lipinski definition) is 7. The van der Waals surface area contributed by atoms with Gasteiger partial charge in [-0.05, 0) is 47.7 Å². The van der Waals surface area contributed by atoms with Crippen molar-refractivity contribution in [3.8, 4) is 17.2 Å². The molecule has 174 valence electrons. The third kappa shape index (κ3) is 5.22. The summed E-state index contributed by atoms with van der Waals surface area (Å²) in [7, 11) is 2.64. The molecule has 1 fully saturated rings. The Labute approximate surface area is 190 Å². The first kappa shape index (κ1) is 24.0. The molecule has 1 aliphatic rings. The van der Waals surface area contributed by atoms with Crippen LogP contribution in [-0.4, -0.2) is 47.8 Å². The minimum atomic E-state index is -4.69. The second-order valence-electron chi connectivity index (χ2n) is 6.63. The highest BCUT2D eigenvalue weighted by atomic mass is 32.2. The third-order valence-electron chi connectivity index (χ3n) is 4.48. The summed E-state index contributed by atoms with van der Waals surface area (Å²) in [6.45, 7) is -0.767. The number of imide groups is 1. The second kappa shape index (κ2) is 9.45. The van der Waals surface area contributed by atoms with Crippen LogP contribution in [0, 0.1) is 0 Å². The fraction of sp³-hybridized carbons (Fsp3) is 0.190. The standard InChI is InChI=1S/C21H17F3N2O6S/c1-31-14-7-11(8-15(32-2)18(14)28)9-16-19(29)26(20(30)33-16)10-17(27)25-13-6-4-3-5-12(13)21(22,23)24/h3-9,28H,10H2,1-2H3,(H,25,27)/b16-9-. The lowest BCUT2D eigenvalue weighted by Gasteiger charge is -2.15. The van der Waals surface area contributed by atoms with Crippen LogP contribution in [0.3, 0.4) is 0 Å². The molecule has 0 spiro atoms. The van der Waals surface area contributed by atoms with Crippen molar-refractivity contribution >= 4 is 40.6 Å². The Morgan fingerprint density at radius 1 is 1.15 bits per heavy atom. The first-order chi connectivity index (χ1) is 15.5. The van der Waals surface area contributed by atoms with Gasteiger partial charge in [0, 0.05) is 0 Å². The summed E-state index contributed by atoms with van der Waals surface area (Å²) in [6.07, 6.45) is -3.35. The Morgan fingerprint density at radius 2 is 1.76 bits per heavy atom. The summed E-state index contributed by atoms with van der Waals surface area (Å²) in [5, 5.41) is 11.3. The molecule has 3 rings (SSSR count). The summed E-state index contributed by atoms with van der Waals surface area (Å²) < 4.78 is 49.4. The number of alkyl halides is 3. The van der Waals surface area contributed by atoms with Crippen molar-refractivity contribution in [2.24, 2.45) is 0 Å². The Balaban J connectivity index is 1.78. The van der Waals surface area contributed by atoms with Gasteiger partial charge >= 0.3 is 6.18 Å². The van der Waals surface area contributed by atoms with Crippen LogP contribution in [0.5, 0.6) is 17.2 Å². The van der Waals surface area contributed by atoms with Gasteiger partial charge < -0.3 is 19.9 Å². The summed E-state index contributed by atoms with van der Waals surface area (Å²) in [6, 6.07) is 7.18. The van der Waals surface area contributed by atoms with E-state index in [1.165, 1.54) is 44.6 Å². The maximum Gasteiger partial charge on any atom is 0.418 e. The fourth-order valence-corrected chi connectivity index (χ4v) is 3.80. The first-order valence-corrected chi connectivity index (χ1v) is 10.0. The van der Waals surface area contributed by atoms with Crippen molar-refractivity contribution in [2.75, 3.05) is 26.1 Å². The average molecular weight is 482 g/mol. The summed E-state index contributed by atoms with van der Waals surface area (Å²) >= 11 is 0.558. The number of ether oxygens (including phenoxy) is 2. The molecule has 0 aromatic heterocycles. The number of nitrogens with one attached hydrogen (secondary N) is 1. The van der Waals surface area contributed by atoms with Crippen LogP contribution >= 0.6 is 11.8 Å². The molecule has 0 radical (unpaired) electrons. The molecule has 8 nitrogen and oxygen atoms in total. The number of rotatable bonds is 6. The van der Waals surface area contributed by atoms with Crippen molar-refractivity contribution in [1.29, 1.82) is 0 Å². The second-order valence-corrected chi connectivity index (χ2v) is 7.63. The van der Waals surface area contributed by atoms with E-state index in [0.717, 1.165) is 12.1 Å². The van der Waals surface area contributed by atoms with Crippen molar-refractivity contribution in [2.45, 2.75) is 6.18 Å². The van der Waals surface area contributed by atoms with Crippen LogP contribution in [-0.2, 0) is 15.8 Å². The molecule has 0 saturated carbocycles. The Morgan fingerprint density at radius 3 is 2.33 bits per heavy atom. The Bertz CT molecular complexity index is 1120. The van der Waals surface area contributed by atoms with Crippen LogP contribution in [0.2, 0.25) is 0 Å². The number of halogens is 3. The van der Waals surface area contributed by atoms with Crippen molar-refractivity contribution in [3.05, 3.63) is 52.4 Å². The number of aromatic hydroxyl groups is 1. The molecule has 0 bridgehead atoms. The summed E-state index contributed by atoms with van der Waals surface area (Å²) in [5.41, 5.74) is -1.17. The van der Waals surface area contributed by atoms with E-state index < -0.39 is 41.0 Å². The van der Waals surface area contributed by atoms with E-state index in [0.29, 0.717) is 22.2 Å². The molecule has 0 unspecified atom stereocenters. The van der Waals surface area contributed by atoms with E-state index in [4.69, 9.17) is 9.47 Å². The Kier molecular flexibility index (Phi) is 6.86. The molecule has 0 atom stereocenters. The molecule has 1 heterocycles. The fourth-order valence-electron chi connectivity index (χ4n) is 2.96. The minimum Gasteiger partial charge on any atom is -0.502 e. The largest absolute Gasteiger partial charge is 0.502 e. The number of para-hydroxylation sites is 1. The number of hydrogen-bond donors (Lipinski definition) is 2. The van der Waals surface area contributed by atoms with Gasteiger partial charge in [0.1, 0.15) is 6.54 Å². The molecule has 2 aromatic carbocycles. The number of carbonyl (C=O) groups excluding carboxylic acids is 3. The van der Waals surface area contributed by atoms with Crippen molar-refractivity contribution in [3.63, 3.8) is 0 Å². The van der Waals surface area contributed by atoms with Crippen LogP contribution < -0.4 is 14.8 Å². The Hall–Kier alpha value is -3.67. The van der Waals surface area contributed by atoms with Gasteiger partial charge in [-0.2, -0.15) is 13.2 Å². The minimum absolute atomic E-state index is 0.0294. The van der Waals surface area contributed by atoms with Gasteiger partial charge in [0.25, 0.3) is 11.1 Å². The third-order valence-corrected chi connectivity index (χ3v) is 5.39. The van der Waals surface area contributed by atoms with Crippen LogP contribution in [0.4, 0.5) is 23.7 Å². The van der Waals surface area contributed by atoms with Gasteiger partial charge in [0.15, 0.2) is 11.5 Å². The molecule has 0 aliphatic carbocycles. The highest BCUT2D eigenvalue weighted by molar-refractivity contribution is 8.18. The van der Waals surface area contributed by atoms with E-state index in [2.05, 4.69) is 5.32 Å². The van der Waals surface area contributed by atoms with Gasteiger partial charge in [-0.15, -0.1) is 0 Å². The van der Waals surface area contributed by atoms with Gasteiger partial charge in [-0.1, -0.05) is 12.1 Å². The summed E-state index contributed by atoms with van der Waals surface area (Å²) in [5.74, 6) is -1.87. The van der Waals surface area contributed by atoms with E-state index in [1.54, 1.807) is 0 Å². The van der Waals surface area contributed by atoms with Gasteiger partial charge in [0.05, 0.1) is 30.4 Å². The van der Waals surface area contributed by atoms with E-state index in [-0.39, 0.29) is 22.2 Å². The summed E-state index contributed by atoms with van der Waals surface area (Å²) in [4.78, 5) is 37.8. The molecular weight excluding hydrogens is 465 g/mol. The highest BCUT2D eigenvalue weighted by Crippen LogP contribution is 2.39. The monoisotopic (exact) mass is 482 g/mol. The van der Waals surface area contributed by atoms with Crippen molar-refractivity contribution < 1.29 is 42.1 Å². The molecule has 1 saturated heterocycles. The number of nitrogens with zero attached hydrogens (tertiary/aromatic N) is 1. The molecule has 33 heavy (non-hydrogen) atoms. The molecule has 2 aromatic rings. The number of phenols is 1. The average Bonchev–Trinajstić information content (AvgIpc) is 3.01. The van der Waals surface area contributed by atoms with Gasteiger partial charge in [-0.3, -0.25) is 19.3 Å². The quantitative estimate of drug-likeness (QED) is 0.597. The molecule has 3 amide bonds.